The molecule has 0 unspecified atom stereocenters. The normalized spacial score (nSPS) is 11.1. The van der Waals surface area contributed by atoms with E-state index in [1.165, 1.54) is 0 Å². The SMILES string of the molecule is C=C(C)C(=O)OCCOCCOCCOCCOCCOCCOCCOCCOCCOCCOCCOc1ccccc1. The van der Waals surface area contributed by atoms with Gasteiger partial charge in [-0.25, -0.2) is 4.79 Å². The topological polar surface area (TPSA) is 128 Å². The number of para-hydroxylation sites is 1. The largest absolute Gasteiger partial charge is 0.491 e. The molecule has 1 aromatic carbocycles. The van der Waals surface area contributed by atoms with Gasteiger partial charge in [-0.3, -0.25) is 0 Å². The van der Waals surface area contributed by atoms with Gasteiger partial charge in [0.15, 0.2) is 0 Å². The van der Waals surface area contributed by atoms with Crippen molar-refractivity contribution in [1.82, 2.24) is 0 Å². The summed E-state index contributed by atoms with van der Waals surface area (Å²) in [5.41, 5.74) is 0.370. The van der Waals surface area contributed by atoms with Gasteiger partial charge in [0.05, 0.1) is 132 Å². The standard InChI is InChI=1S/C32H54O13/c1-30(2)32(33)45-29-27-43-25-23-41-21-19-39-17-15-37-13-11-35-9-8-34-10-12-36-14-16-38-18-20-40-22-24-42-26-28-44-31-6-4-3-5-7-31/h3-7H,1,8-29H2,2H3. The number of hydrogen-bond acceptors (Lipinski definition) is 13. The second-order valence-corrected chi connectivity index (χ2v) is 9.20. The van der Waals surface area contributed by atoms with E-state index in [1.54, 1.807) is 6.92 Å². The molecule has 0 aromatic heterocycles. The Morgan fingerprint density at radius 1 is 0.444 bits per heavy atom. The van der Waals surface area contributed by atoms with Crippen LogP contribution in [0.1, 0.15) is 6.92 Å². The van der Waals surface area contributed by atoms with E-state index < -0.39 is 5.97 Å². The van der Waals surface area contributed by atoms with Crippen LogP contribution in [0.4, 0.5) is 0 Å². The van der Waals surface area contributed by atoms with Gasteiger partial charge in [-0.15, -0.1) is 0 Å². The van der Waals surface area contributed by atoms with Crippen molar-refractivity contribution in [2.24, 2.45) is 0 Å². The molecule has 0 amide bonds. The van der Waals surface area contributed by atoms with E-state index in [0.29, 0.717) is 144 Å². The first-order chi connectivity index (χ1) is 22.2. The number of carbonyl (C=O) groups is 1. The lowest BCUT2D eigenvalue weighted by molar-refractivity contribution is -0.140. The molecule has 0 saturated carbocycles. The zero-order valence-electron chi connectivity index (χ0n) is 27.0. The van der Waals surface area contributed by atoms with Crippen molar-refractivity contribution in [2.75, 3.05) is 145 Å². The molecule has 0 aliphatic rings. The average Bonchev–Trinajstić information content (AvgIpc) is 3.05. The Bertz CT molecular complexity index is 782. The van der Waals surface area contributed by atoms with Crippen LogP contribution in [0.3, 0.4) is 0 Å². The minimum Gasteiger partial charge on any atom is -0.491 e. The molecule has 0 saturated heterocycles. The van der Waals surface area contributed by atoms with Crippen LogP contribution in [0, 0.1) is 0 Å². The molecule has 260 valence electrons. The number of hydrogen-bond donors (Lipinski definition) is 0. The summed E-state index contributed by atoms with van der Waals surface area (Å²) in [6, 6.07) is 9.65. The van der Waals surface area contributed by atoms with Crippen molar-refractivity contribution in [3.63, 3.8) is 0 Å². The summed E-state index contributed by atoms with van der Waals surface area (Å²) in [4.78, 5) is 11.2. The number of rotatable bonds is 35. The Labute approximate surface area is 268 Å². The smallest absolute Gasteiger partial charge is 0.333 e. The van der Waals surface area contributed by atoms with Crippen LogP contribution in [0.15, 0.2) is 42.5 Å². The second-order valence-electron chi connectivity index (χ2n) is 9.20. The minimum absolute atomic E-state index is 0.199. The lowest BCUT2D eigenvalue weighted by Crippen LogP contribution is -2.15. The van der Waals surface area contributed by atoms with E-state index in [2.05, 4.69) is 6.58 Å². The second kappa shape index (κ2) is 33.2. The molecule has 45 heavy (non-hydrogen) atoms. The summed E-state index contributed by atoms with van der Waals surface area (Å²) < 4.78 is 64.9. The van der Waals surface area contributed by atoms with Gasteiger partial charge in [0.1, 0.15) is 19.0 Å². The van der Waals surface area contributed by atoms with Gasteiger partial charge in [0.25, 0.3) is 0 Å². The van der Waals surface area contributed by atoms with Crippen LogP contribution < -0.4 is 4.74 Å². The molecule has 0 radical (unpaired) electrons. The quantitative estimate of drug-likeness (QED) is 0.0609. The first kappa shape index (κ1) is 40.9. The highest BCUT2D eigenvalue weighted by molar-refractivity contribution is 5.86. The van der Waals surface area contributed by atoms with Crippen molar-refractivity contribution in [1.29, 1.82) is 0 Å². The third-order valence-electron chi connectivity index (χ3n) is 5.40. The predicted octanol–water partition coefficient (Wildman–Crippen LogP) is 2.35. The number of ether oxygens (including phenoxy) is 12. The molecule has 1 rings (SSSR count). The number of esters is 1. The molecule has 0 aliphatic heterocycles. The van der Waals surface area contributed by atoms with Crippen molar-refractivity contribution in [2.45, 2.75) is 6.92 Å². The Morgan fingerprint density at radius 2 is 0.711 bits per heavy atom. The highest BCUT2D eigenvalue weighted by Gasteiger charge is 2.02. The van der Waals surface area contributed by atoms with Gasteiger partial charge in [-0.1, -0.05) is 24.8 Å². The van der Waals surface area contributed by atoms with Gasteiger partial charge in [0.2, 0.25) is 0 Å². The third-order valence-corrected chi connectivity index (χ3v) is 5.40. The zero-order chi connectivity index (χ0) is 32.3. The molecule has 0 bridgehead atoms. The monoisotopic (exact) mass is 646 g/mol. The van der Waals surface area contributed by atoms with Crippen molar-refractivity contribution in [3.8, 4) is 5.75 Å². The van der Waals surface area contributed by atoms with Crippen LogP contribution >= 0.6 is 0 Å². The van der Waals surface area contributed by atoms with Gasteiger partial charge in [-0.2, -0.15) is 0 Å². The summed E-state index contributed by atoms with van der Waals surface area (Å²) in [5, 5.41) is 0. The molecule has 0 aliphatic carbocycles. The molecule has 1 aromatic rings. The fourth-order valence-corrected chi connectivity index (χ4v) is 3.13. The van der Waals surface area contributed by atoms with Gasteiger partial charge in [-0.05, 0) is 19.1 Å². The number of carbonyl (C=O) groups excluding carboxylic acids is 1. The minimum atomic E-state index is -0.413. The van der Waals surface area contributed by atoms with Crippen molar-refractivity contribution < 1.29 is 61.6 Å². The van der Waals surface area contributed by atoms with Crippen LogP contribution in [-0.4, -0.2) is 151 Å². The van der Waals surface area contributed by atoms with Gasteiger partial charge in [0, 0.05) is 5.57 Å². The highest BCUT2D eigenvalue weighted by atomic mass is 16.6. The lowest BCUT2D eigenvalue weighted by atomic mass is 10.3. The van der Waals surface area contributed by atoms with Crippen LogP contribution in [0.5, 0.6) is 5.75 Å². The molecule has 13 heteroatoms. The van der Waals surface area contributed by atoms with E-state index in [1.807, 2.05) is 30.3 Å². The molecular weight excluding hydrogens is 592 g/mol. The maximum atomic E-state index is 11.2. The summed E-state index contributed by atoms with van der Waals surface area (Å²) in [6.45, 7) is 15.5. The van der Waals surface area contributed by atoms with Crippen LogP contribution in [-0.2, 0) is 56.9 Å². The summed E-state index contributed by atoms with van der Waals surface area (Å²) in [6.07, 6.45) is 0. The molecular formula is C32H54O13. The Balaban J connectivity index is 1.63. The van der Waals surface area contributed by atoms with Crippen molar-refractivity contribution in [3.05, 3.63) is 42.5 Å². The Kier molecular flexibility index (Phi) is 30.1. The highest BCUT2D eigenvalue weighted by Crippen LogP contribution is 2.07. The predicted molar refractivity (Wildman–Crippen MR) is 166 cm³/mol. The summed E-state index contributed by atoms with van der Waals surface area (Å²) in [5.74, 6) is 0.427. The van der Waals surface area contributed by atoms with Gasteiger partial charge >= 0.3 is 5.97 Å². The first-order valence-electron chi connectivity index (χ1n) is 15.5. The van der Waals surface area contributed by atoms with Crippen molar-refractivity contribution >= 4 is 5.97 Å². The molecule has 13 nitrogen and oxygen atoms in total. The molecule has 0 spiro atoms. The van der Waals surface area contributed by atoms with E-state index in [-0.39, 0.29) is 6.61 Å². The van der Waals surface area contributed by atoms with E-state index in [0.717, 1.165) is 5.75 Å². The maximum absolute atomic E-state index is 11.2. The third kappa shape index (κ3) is 30.3. The maximum Gasteiger partial charge on any atom is 0.333 e. The first-order valence-corrected chi connectivity index (χ1v) is 15.5. The fraction of sp³-hybridized carbons (Fsp3) is 0.719. The van der Waals surface area contributed by atoms with E-state index >= 15 is 0 Å². The summed E-state index contributed by atoms with van der Waals surface area (Å²) in [7, 11) is 0. The average molecular weight is 647 g/mol. The Hall–Kier alpha value is -2.17. The molecule has 0 fully saturated rings. The molecule has 0 atom stereocenters. The molecule has 0 N–H and O–H groups in total. The molecule has 0 heterocycles. The van der Waals surface area contributed by atoms with Crippen LogP contribution in [0.2, 0.25) is 0 Å². The van der Waals surface area contributed by atoms with Crippen LogP contribution in [0.25, 0.3) is 0 Å². The van der Waals surface area contributed by atoms with Gasteiger partial charge < -0.3 is 56.8 Å². The lowest BCUT2D eigenvalue weighted by Gasteiger charge is -2.09. The number of benzene rings is 1. The fourth-order valence-electron chi connectivity index (χ4n) is 3.13. The summed E-state index contributed by atoms with van der Waals surface area (Å²) >= 11 is 0. The van der Waals surface area contributed by atoms with E-state index in [4.69, 9.17) is 56.8 Å². The zero-order valence-corrected chi connectivity index (χ0v) is 27.0. The Morgan fingerprint density at radius 3 is 1.00 bits per heavy atom. The van der Waals surface area contributed by atoms with E-state index in [9.17, 15) is 4.79 Å².